The van der Waals surface area contributed by atoms with Crippen molar-refractivity contribution in [3.8, 4) is 5.75 Å². The fraction of sp³-hybridized carbons (Fsp3) is 0.667. The van der Waals surface area contributed by atoms with Crippen molar-refractivity contribution in [1.29, 1.82) is 0 Å². The molecule has 8 nitrogen and oxygen atoms in total. The van der Waals surface area contributed by atoms with Gasteiger partial charge in [-0.25, -0.2) is 4.79 Å². The molecule has 0 radical (unpaired) electrons. The van der Waals surface area contributed by atoms with Crippen molar-refractivity contribution in [3.05, 3.63) is 29.3 Å². The number of aliphatic hydroxyl groups is 1. The van der Waals surface area contributed by atoms with Crippen LogP contribution in [0.25, 0.3) is 0 Å². The van der Waals surface area contributed by atoms with Gasteiger partial charge in [0.1, 0.15) is 11.9 Å². The minimum atomic E-state index is -0.487. The number of benzene rings is 1. The Morgan fingerprint density at radius 3 is 2.83 bits per heavy atom. The SMILES string of the molecule is CC1(C)CC(CN[C@H]2CCCC[C@H]2Oc2ccc3c(c2)CN(C2CCC(=O)[NH+]=C2O)C3=O)CCO1. The number of hydrogen-bond donors (Lipinski definition) is 3. The maximum atomic E-state index is 13.0. The third kappa shape index (κ3) is 5.38. The van der Waals surface area contributed by atoms with Crippen LogP contribution in [0.3, 0.4) is 0 Å². The van der Waals surface area contributed by atoms with Gasteiger partial charge in [-0.15, -0.1) is 4.99 Å². The molecule has 2 unspecified atom stereocenters. The van der Waals surface area contributed by atoms with E-state index in [1.165, 1.54) is 6.42 Å². The van der Waals surface area contributed by atoms with Crippen molar-refractivity contribution in [1.82, 2.24) is 10.2 Å². The van der Waals surface area contributed by atoms with Gasteiger partial charge in [0, 0.05) is 24.8 Å². The molecular formula is C27H38N3O5+. The molecule has 3 aliphatic heterocycles. The molecule has 2 amide bonds. The minimum Gasteiger partial charge on any atom is -0.489 e. The lowest BCUT2D eigenvalue weighted by Gasteiger charge is -2.38. The van der Waals surface area contributed by atoms with Crippen LogP contribution in [0, 0.1) is 5.92 Å². The summed E-state index contributed by atoms with van der Waals surface area (Å²) in [5, 5.41) is 14.0. The molecule has 1 saturated heterocycles. The van der Waals surface area contributed by atoms with E-state index in [0.717, 1.165) is 56.6 Å². The average molecular weight is 485 g/mol. The molecule has 35 heavy (non-hydrogen) atoms. The zero-order chi connectivity index (χ0) is 24.6. The Balaban J connectivity index is 1.22. The first-order chi connectivity index (χ1) is 16.8. The van der Waals surface area contributed by atoms with Crippen molar-refractivity contribution in [2.24, 2.45) is 5.92 Å². The minimum absolute atomic E-state index is 0.0411. The molecule has 8 heteroatoms. The van der Waals surface area contributed by atoms with Crippen LogP contribution in [-0.4, -0.2) is 64.7 Å². The summed E-state index contributed by atoms with van der Waals surface area (Å²) in [4.78, 5) is 28.6. The molecule has 3 heterocycles. The Bertz CT molecular complexity index is 1010. The van der Waals surface area contributed by atoms with Gasteiger partial charge in [0.15, 0.2) is 6.04 Å². The van der Waals surface area contributed by atoms with Gasteiger partial charge in [0.05, 0.1) is 12.0 Å². The van der Waals surface area contributed by atoms with Gasteiger partial charge in [0.25, 0.3) is 5.91 Å². The van der Waals surface area contributed by atoms with Crippen LogP contribution in [-0.2, 0) is 16.1 Å². The number of amides is 2. The second kappa shape index (κ2) is 9.90. The predicted octanol–water partition coefficient (Wildman–Crippen LogP) is 1.85. The van der Waals surface area contributed by atoms with Gasteiger partial charge in [-0.3, -0.25) is 4.79 Å². The van der Waals surface area contributed by atoms with E-state index in [-0.39, 0.29) is 29.4 Å². The number of carbonyl (C=O) groups is 2. The lowest BCUT2D eigenvalue weighted by atomic mass is 9.87. The van der Waals surface area contributed by atoms with Gasteiger partial charge in [-0.2, -0.15) is 0 Å². The lowest BCUT2D eigenvalue weighted by molar-refractivity contribution is -0.394. The van der Waals surface area contributed by atoms with E-state index >= 15 is 0 Å². The Labute approximate surface area is 207 Å². The third-order valence-electron chi connectivity index (χ3n) is 7.97. The average Bonchev–Trinajstić information content (AvgIpc) is 3.13. The van der Waals surface area contributed by atoms with Crippen LogP contribution in [0.15, 0.2) is 18.2 Å². The smallest absolute Gasteiger partial charge is 0.388 e. The topological polar surface area (TPSA) is 102 Å². The first kappa shape index (κ1) is 24.3. The summed E-state index contributed by atoms with van der Waals surface area (Å²) >= 11 is 0. The highest BCUT2D eigenvalue weighted by molar-refractivity contribution is 6.01. The Morgan fingerprint density at radius 1 is 1.20 bits per heavy atom. The highest BCUT2D eigenvalue weighted by atomic mass is 16.5. The van der Waals surface area contributed by atoms with E-state index in [0.29, 0.717) is 36.9 Å². The number of hydrogen-bond acceptors (Lipinski definition) is 5. The molecule has 0 bridgehead atoms. The number of carbonyl (C=O) groups excluding carboxylic acids is 2. The van der Waals surface area contributed by atoms with Crippen molar-refractivity contribution in [2.45, 2.75) is 95.5 Å². The second-order valence-electron chi connectivity index (χ2n) is 11.2. The van der Waals surface area contributed by atoms with Gasteiger partial charge < -0.3 is 24.8 Å². The molecule has 5 rings (SSSR count). The summed E-state index contributed by atoms with van der Waals surface area (Å²) < 4.78 is 12.4. The Kier molecular flexibility index (Phi) is 6.86. The molecule has 0 spiro atoms. The molecule has 1 saturated carbocycles. The van der Waals surface area contributed by atoms with Crippen molar-refractivity contribution >= 4 is 17.7 Å². The van der Waals surface area contributed by atoms with Gasteiger partial charge >= 0.3 is 11.8 Å². The van der Waals surface area contributed by atoms with E-state index in [9.17, 15) is 14.7 Å². The largest absolute Gasteiger partial charge is 0.489 e. The van der Waals surface area contributed by atoms with Gasteiger partial charge in [-0.05, 0) is 88.6 Å². The molecule has 1 aromatic carbocycles. The van der Waals surface area contributed by atoms with E-state index in [1.54, 1.807) is 4.90 Å². The summed E-state index contributed by atoms with van der Waals surface area (Å²) in [5.74, 6) is 0.944. The summed E-state index contributed by atoms with van der Waals surface area (Å²) in [6.45, 7) is 6.58. The number of nitrogens with zero attached hydrogens (tertiary/aromatic N) is 1. The van der Waals surface area contributed by atoms with Crippen LogP contribution < -0.4 is 15.0 Å². The van der Waals surface area contributed by atoms with E-state index < -0.39 is 6.04 Å². The zero-order valence-electron chi connectivity index (χ0n) is 20.8. The van der Waals surface area contributed by atoms with Crippen LogP contribution in [0.1, 0.15) is 81.1 Å². The molecule has 3 N–H and O–H groups in total. The lowest BCUT2D eigenvalue weighted by Crippen LogP contribution is -2.82. The van der Waals surface area contributed by atoms with Crippen molar-refractivity contribution in [3.63, 3.8) is 0 Å². The molecule has 4 atom stereocenters. The number of nitrogens with one attached hydrogen (secondary N) is 2. The van der Waals surface area contributed by atoms with Gasteiger partial charge in [0.2, 0.25) is 0 Å². The predicted molar refractivity (Wildman–Crippen MR) is 130 cm³/mol. The number of fused-ring (bicyclic) bond motifs is 1. The molecule has 1 aromatic rings. The molecule has 1 aliphatic carbocycles. The van der Waals surface area contributed by atoms with Crippen molar-refractivity contribution in [2.75, 3.05) is 13.2 Å². The number of ether oxygens (including phenoxy) is 2. The highest BCUT2D eigenvalue weighted by Crippen LogP contribution is 2.32. The van der Waals surface area contributed by atoms with Crippen LogP contribution in [0.2, 0.25) is 0 Å². The highest BCUT2D eigenvalue weighted by Gasteiger charge is 2.41. The molecule has 190 valence electrons. The van der Waals surface area contributed by atoms with Crippen molar-refractivity contribution < 1.29 is 29.2 Å². The monoisotopic (exact) mass is 484 g/mol. The maximum Gasteiger partial charge on any atom is 0.388 e. The van der Waals surface area contributed by atoms with E-state index in [1.807, 2.05) is 18.2 Å². The standard InChI is InChI=1S/C27H37N3O5/c1-27(2)14-17(11-12-34-27)15-28-21-5-3-4-6-23(21)35-19-7-8-20-18(13-19)16-30(26(20)33)22-9-10-24(31)29-25(22)32/h7-8,13,17,21-23,28H,3-6,9-12,14-16H2,1-2H3,(H,29,31,32)/p+1/t17?,21-,22?,23+/m0/s1. The van der Waals surface area contributed by atoms with Crippen LogP contribution in [0.5, 0.6) is 5.75 Å². The summed E-state index contributed by atoms with van der Waals surface area (Å²) in [6, 6.07) is 5.52. The summed E-state index contributed by atoms with van der Waals surface area (Å²) in [6.07, 6.45) is 7.50. The first-order valence-corrected chi connectivity index (χ1v) is 13.1. The Morgan fingerprint density at radius 2 is 2.03 bits per heavy atom. The second-order valence-corrected chi connectivity index (χ2v) is 11.2. The molecule has 0 aromatic heterocycles. The molecular weight excluding hydrogens is 446 g/mol. The quantitative estimate of drug-likeness (QED) is 0.570. The normalized spacial score (nSPS) is 30.7. The van der Waals surface area contributed by atoms with Crippen LogP contribution >= 0.6 is 0 Å². The van der Waals surface area contributed by atoms with Crippen LogP contribution in [0.4, 0.5) is 0 Å². The fourth-order valence-corrected chi connectivity index (χ4v) is 6.14. The van der Waals surface area contributed by atoms with Gasteiger partial charge in [-0.1, -0.05) is 6.42 Å². The Hall–Kier alpha value is -2.45. The maximum absolute atomic E-state index is 13.0. The summed E-state index contributed by atoms with van der Waals surface area (Å²) in [7, 11) is 0. The zero-order valence-corrected chi connectivity index (χ0v) is 20.8. The third-order valence-corrected chi connectivity index (χ3v) is 7.97. The fourth-order valence-electron chi connectivity index (χ4n) is 6.14. The number of rotatable bonds is 6. The molecule has 4 aliphatic rings. The first-order valence-electron chi connectivity index (χ1n) is 13.1. The molecule has 2 fully saturated rings. The number of aliphatic hydroxyl groups excluding tert-OH is 1. The summed E-state index contributed by atoms with van der Waals surface area (Å²) in [5.41, 5.74) is 1.50. The van der Waals surface area contributed by atoms with E-state index in [2.05, 4.69) is 24.2 Å². The van der Waals surface area contributed by atoms with E-state index in [4.69, 9.17) is 9.47 Å².